The SMILES string of the molecule is CC(C)(C)NCC(O)c1cc(OC(=O)c2ccc(CC(=O)O)cc2)cc(OC(=O)c2ccc(CC(=O)O)cc2)c1. The quantitative estimate of drug-likeness (QED) is 0.205. The van der Waals surface area contributed by atoms with Crippen LogP contribution < -0.4 is 14.8 Å². The van der Waals surface area contributed by atoms with E-state index in [0.29, 0.717) is 16.7 Å². The Hall–Kier alpha value is -4.54. The first-order valence-corrected chi connectivity index (χ1v) is 12.4. The first kappa shape index (κ1) is 30.0. The lowest BCUT2D eigenvalue weighted by atomic mass is 10.1. The highest BCUT2D eigenvalue weighted by atomic mass is 16.5. The number of hydrogen-bond acceptors (Lipinski definition) is 8. The van der Waals surface area contributed by atoms with Crippen LogP contribution in [0.25, 0.3) is 0 Å². The van der Waals surface area contributed by atoms with Crippen LogP contribution in [0.5, 0.6) is 11.5 Å². The van der Waals surface area contributed by atoms with E-state index >= 15 is 0 Å². The van der Waals surface area contributed by atoms with Crippen molar-refractivity contribution in [2.45, 2.75) is 45.3 Å². The van der Waals surface area contributed by atoms with Gasteiger partial charge in [-0.15, -0.1) is 0 Å². The monoisotopic (exact) mass is 549 g/mol. The van der Waals surface area contributed by atoms with Crippen LogP contribution >= 0.6 is 0 Å². The van der Waals surface area contributed by atoms with E-state index in [1.165, 1.54) is 66.7 Å². The highest BCUT2D eigenvalue weighted by Gasteiger charge is 2.19. The van der Waals surface area contributed by atoms with E-state index in [2.05, 4.69) is 5.32 Å². The molecule has 0 amide bonds. The molecule has 0 spiro atoms. The number of carboxylic acids is 2. The Labute approximate surface area is 231 Å². The number of carbonyl (C=O) groups excluding carboxylic acids is 2. The molecule has 0 radical (unpaired) electrons. The molecule has 0 aliphatic carbocycles. The summed E-state index contributed by atoms with van der Waals surface area (Å²) in [6, 6.07) is 16.1. The summed E-state index contributed by atoms with van der Waals surface area (Å²) in [7, 11) is 0. The Morgan fingerprint density at radius 1 is 0.725 bits per heavy atom. The van der Waals surface area contributed by atoms with E-state index in [-0.39, 0.29) is 47.6 Å². The summed E-state index contributed by atoms with van der Waals surface area (Å²) >= 11 is 0. The molecule has 40 heavy (non-hydrogen) atoms. The molecule has 0 bridgehead atoms. The summed E-state index contributed by atoms with van der Waals surface area (Å²) in [4.78, 5) is 47.4. The van der Waals surface area contributed by atoms with Crippen LogP contribution in [0.3, 0.4) is 0 Å². The molecule has 3 aromatic rings. The van der Waals surface area contributed by atoms with Gasteiger partial charge < -0.3 is 30.1 Å². The van der Waals surface area contributed by atoms with E-state index in [1.807, 2.05) is 20.8 Å². The van der Waals surface area contributed by atoms with Gasteiger partial charge in [-0.05, 0) is 73.9 Å². The number of rotatable bonds is 11. The minimum absolute atomic E-state index is 0.0199. The summed E-state index contributed by atoms with van der Waals surface area (Å²) in [5, 5.41) is 31.8. The number of esters is 2. The summed E-state index contributed by atoms with van der Waals surface area (Å²) in [5.74, 6) is -3.41. The number of benzene rings is 3. The molecule has 0 saturated heterocycles. The average molecular weight is 550 g/mol. The van der Waals surface area contributed by atoms with Crippen LogP contribution in [-0.4, -0.2) is 51.3 Å². The second kappa shape index (κ2) is 13.0. The first-order chi connectivity index (χ1) is 18.8. The highest BCUT2D eigenvalue weighted by molar-refractivity contribution is 5.92. The van der Waals surface area contributed by atoms with Crippen molar-refractivity contribution in [3.63, 3.8) is 0 Å². The molecule has 0 aliphatic heterocycles. The van der Waals surface area contributed by atoms with E-state index in [4.69, 9.17) is 19.7 Å². The van der Waals surface area contributed by atoms with Gasteiger partial charge in [-0.2, -0.15) is 0 Å². The van der Waals surface area contributed by atoms with Crippen molar-refractivity contribution in [2.24, 2.45) is 0 Å². The number of carbonyl (C=O) groups is 4. The smallest absolute Gasteiger partial charge is 0.343 e. The van der Waals surface area contributed by atoms with Crippen molar-refractivity contribution in [1.29, 1.82) is 0 Å². The highest BCUT2D eigenvalue weighted by Crippen LogP contribution is 2.28. The maximum atomic E-state index is 12.8. The number of nitrogens with one attached hydrogen (secondary N) is 1. The number of ether oxygens (including phenoxy) is 2. The summed E-state index contributed by atoms with van der Waals surface area (Å²) in [5.41, 5.74) is 1.44. The third kappa shape index (κ3) is 9.33. The molecular formula is C30H31NO9. The van der Waals surface area contributed by atoms with Gasteiger partial charge in [0.05, 0.1) is 30.1 Å². The lowest BCUT2D eigenvalue weighted by Crippen LogP contribution is -2.38. The summed E-state index contributed by atoms with van der Waals surface area (Å²) in [6.07, 6.45) is -1.40. The zero-order valence-electron chi connectivity index (χ0n) is 22.3. The number of aliphatic hydroxyl groups excluding tert-OH is 1. The zero-order chi connectivity index (χ0) is 29.4. The number of aliphatic carboxylic acids is 2. The molecule has 210 valence electrons. The maximum Gasteiger partial charge on any atom is 0.343 e. The fraction of sp³-hybridized carbons (Fsp3) is 0.267. The van der Waals surface area contributed by atoms with Crippen molar-refractivity contribution in [2.75, 3.05) is 6.54 Å². The third-order valence-electron chi connectivity index (χ3n) is 5.62. The molecule has 3 aromatic carbocycles. The average Bonchev–Trinajstić information content (AvgIpc) is 2.86. The molecule has 0 aliphatic rings. The van der Waals surface area contributed by atoms with Gasteiger partial charge in [0.2, 0.25) is 0 Å². The summed E-state index contributed by atoms with van der Waals surface area (Å²) in [6.45, 7) is 5.99. The van der Waals surface area contributed by atoms with Crippen LogP contribution in [0.4, 0.5) is 0 Å². The van der Waals surface area contributed by atoms with Gasteiger partial charge in [0.25, 0.3) is 0 Å². The second-order valence-corrected chi connectivity index (χ2v) is 10.2. The Kier molecular flexibility index (Phi) is 9.76. The van der Waals surface area contributed by atoms with Crippen molar-refractivity contribution in [3.8, 4) is 11.5 Å². The molecule has 3 rings (SSSR count). The van der Waals surface area contributed by atoms with Gasteiger partial charge in [-0.1, -0.05) is 24.3 Å². The molecule has 0 aromatic heterocycles. The Balaban J connectivity index is 1.84. The molecular weight excluding hydrogens is 518 g/mol. The predicted molar refractivity (Wildman–Crippen MR) is 145 cm³/mol. The fourth-order valence-electron chi connectivity index (χ4n) is 3.62. The Morgan fingerprint density at radius 3 is 1.48 bits per heavy atom. The topological polar surface area (TPSA) is 159 Å². The molecule has 4 N–H and O–H groups in total. The minimum atomic E-state index is -1.03. The standard InChI is InChI=1S/C30H31NO9/c1-30(2,3)31-17-25(32)22-14-23(39-28(37)20-8-4-18(5-9-20)12-26(33)34)16-24(15-22)40-29(38)21-10-6-19(7-11-21)13-27(35)36/h4-11,14-16,25,31-32H,12-13,17H2,1-3H3,(H,33,34)(H,35,36). The van der Waals surface area contributed by atoms with Gasteiger partial charge in [-0.3, -0.25) is 9.59 Å². The van der Waals surface area contributed by atoms with Crippen LogP contribution in [0.1, 0.15) is 64.3 Å². The molecule has 10 heteroatoms. The maximum absolute atomic E-state index is 12.8. The second-order valence-electron chi connectivity index (χ2n) is 10.2. The lowest BCUT2D eigenvalue weighted by Gasteiger charge is -2.23. The summed E-state index contributed by atoms with van der Waals surface area (Å²) < 4.78 is 11.0. The van der Waals surface area contributed by atoms with Gasteiger partial charge in [0.1, 0.15) is 11.5 Å². The van der Waals surface area contributed by atoms with Crippen LogP contribution in [0, 0.1) is 0 Å². The largest absolute Gasteiger partial charge is 0.481 e. The molecule has 1 unspecified atom stereocenters. The predicted octanol–water partition coefficient (Wildman–Crippen LogP) is 3.80. The van der Waals surface area contributed by atoms with Gasteiger partial charge in [-0.25, -0.2) is 9.59 Å². The van der Waals surface area contributed by atoms with Gasteiger partial charge in [0.15, 0.2) is 0 Å². The third-order valence-corrected chi connectivity index (χ3v) is 5.62. The molecule has 0 fully saturated rings. The lowest BCUT2D eigenvalue weighted by molar-refractivity contribution is -0.137. The van der Waals surface area contributed by atoms with E-state index in [0.717, 1.165) is 0 Å². The van der Waals surface area contributed by atoms with Crippen LogP contribution in [0.2, 0.25) is 0 Å². The van der Waals surface area contributed by atoms with Crippen LogP contribution in [0.15, 0.2) is 66.7 Å². The number of β-amino-alcohol motifs (C(OH)–C–C–N with tert-alkyl or cyclic N) is 1. The number of aliphatic hydroxyl groups is 1. The minimum Gasteiger partial charge on any atom is -0.481 e. The van der Waals surface area contributed by atoms with Crippen molar-refractivity contribution in [3.05, 3.63) is 94.5 Å². The van der Waals surface area contributed by atoms with Gasteiger partial charge >= 0.3 is 23.9 Å². The molecule has 0 saturated carbocycles. The molecule has 1 atom stereocenters. The van der Waals surface area contributed by atoms with Crippen molar-refractivity contribution < 1.29 is 44.0 Å². The molecule has 0 heterocycles. The van der Waals surface area contributed by atoms with E-state index in [9.17, 15) is 24.3 Å². The Bertz CT molecular complexity index is 1280. The fourth-order valence-corrected chi connectivity index (χ4v) is 3.62. The number of carboxylic acid groups (broad SMARTS) is 2. The van der Waals surface area contributed by atoms with Crippen LogP contribution in [-0.2, 0) is 22.4 Å². The number of hydrogen-bond donors (Lipinski definition) is 4. The van der Waals surface area contributed by atoms with Gasteiger partial charge in [0, 0.05) is 18.2 Å². The van der Waals surface area contributed by atoms with E-state index < -0.39 is 30.0 Å². The zero-order valence-corrected chi connectivity index (χ0v) is 22.3. The first-order valence-electron chi connectivity index (χ1n) is 12.4. The Morgan fingerprint density at radius 2 is 1.12 bits per heavy atom. The van der Waals surface area contributed by atoms with E-state index in [1.54, 1.807) is 0 Å². The molecule has 10 nitrogen and oxygen atoms in total. The normalized spacial score (nSPS) is 11.9. The van der Waals surface area contributed by atoms with Crippen molar-refractivity contribution >= 4 is 23.9 Å². The van der Waals surface area contributed by atoms with Crippen molar-refractivity contribution in [1.82, 2.24) is 5.32 Å².